The largest absolute Gasteiger partial charge is 0.508 e. The number of rotatable bonds is 0. The molecule has 1 atom stereocenters. The number of hydrogen-bond acceptors (Lipinski definition) is 4. The highest BCUT2D eigenvalue weighted by Crippen LogP contribution is 2.37. The first-order valence-corrected chi connectivity index (χ1v) is 5.77. The van der Waals surface area contributed by atoms with E-state index in [9.17, 15) is 15.3 Å². The molecule has 0 fully saturated rings. The molecule has 0 radical (unpaired) electrons. The summed E-state index contributed by atoms with van der Waals surface area (Å²) in [5.41, 5.74) is 1.27. The molecule has 1 aromatic carbocycles. The summed E-state index contributed by atoms with van der Waals surface area (Å²) in [4.78, 5) is 2.11. The molecule has 0 saturated heterocycles. The Balaban J connectivity index is 0.00000162. The molecule has 3 N–H and O–H groups in total. The topological polar surface area (TPSA) is 63.9 Å². The van der Waals surface area contributed by atoms with Crippen molar-refractivity contribution in [2.45, 2.75) is 39.0 Å². The van der Waals surface area contributed by atoms with Crippen LogP contribution < -0.4 is 0 Å². The molecule has 5 heteroatoms. The van der Waals surface area contributed by atoms with Gasteiger partial charge in [-0.1, -0.05) is 0 Å². The normalized spacial score (nSPS) is 20.1. The Labute approximate surface area is 113 Å². The minimum absolute atomic E-state index is 0. The fourth-order valence-electron chi connectivity index (χ4n) is 2.21. The number of hydrogen-bond donors (Lipinski definition) is 3. The lowest BCUT2D eigenvalue weighted by Gasteiger charge is -2.41. The van der Waals surface area contributed by atoms with Crippen molar-refractivity contribution in [1.82, 2.24) is 4.90 Å². The molecular weight excluding hydrogens is 254 g/mol. The van der Waals surface area contributed by atoms with Gasteiger partial charge in [0.25, 0.3) is 0 Å². The maximum atomic E-state index is 10.1. The highest BCUT2D eigenvalue weighted by Gasteiger charge is 2.32. The number of phenols is 2. The Morgan fingerprint density at radius 1 is 1.22 bits per heavy atom. The van der Waals surface area contributed by atoms with E-state index in [1.807, 2.05) is 0 Å². The molecule has 0 bridgehead atoms. The van der Waals surface area contributed by atoms with E-state index in [1.54, 1.807) is 0 Å². The number of fused-ring (bicyclic) bond motifs is 1. The third kappa shape index (κ3) is 2.71. The van der Waals surface area contributed by atoms with Crippen LogP contribution >= 0.6 is 12.4 Å². The first kappa shape index (κ1) is 15.1. The lowest BCUT2D eigenvalue weighted by Crippen LogP contribution is -2.45. The minimum Gasteiger partial charge on any atom is -0.508 e. The van der Waals surface area contributed by atoms with Gasteiger partial charge >= 0.3 is 0 Å². The molecule has 102 valence electrons. The Bertz CT molecular complexity index is 443. The van der Waals surface area contributed by atoms with E-state index >= 15 is 0 Å². The zero-order chi connectivity index (χ0) is 12.8. The summed E-state index contributed by atoms with van der Waals surface area (Å²) >= 11 is 0. The molecule has 1 aliphatic heterocycles. The predicted molar refractivity (Wildman–Crippen MR) is 72.1 cm³/mol. The number of aromatic hydroxyl groups is 2. The van der Waals surface area contributed by atoms with Crippen molar-refractivity contribution in [3.05, 3.63) is 23.3 Å². The van der Waals surface area contributed by atoms with E-state index in [1.165, 1.54) is 12.1 Å². The molecule has 0 saturated carbocycles. The van der Waals surface area contributed by atoms with Crippen LogP contribution in [0.5, 0.6) is 11.5 Å². The summed E-state index contributed by atoms with van der Waals surface area (Å²) in [5, 5.41) is 29.3. The van der Waals surface area contributed by atoms with Gasteiger partial charge in [-0.25, -0.2) is 0 Å². The number of aliphatic hydroxyl groups is 1. The van der Waals surface area contributed by atoms with Gasteiger partial charge in [-0.2, -0.15) is 0 Å². The van der Waals surface area contributed by atoms with Crippen LogP contribution in [0, 0.1) is 0 Å². The summed E-state index contributed by atoms with van der Waals surface area (Å²) in [6.45, 7) is 7.31. The zero-order valence-electron chi connectivity index (χ0n) is 10.8. The first-order valence-electron chi connectivity index (χ1n) is 5.77. The molecule has 0 amide bonds. The van der Waals surface area contributed by atoms with Gasteiger partial charge in [0.05, 0.1) is 6.10 Å². The number of β-amino-alcohol motifs (C(OH)–C–C–N with tert-alkyl or cyclic N) is 1. The summed E-state index contributed by atoms with van der Waals surface area (Å²) in [5.74, 6) is 0.0394. The van der Waals surface area contributed by atoms with Gasteiger partial charge in [0.2, 0.25) is 0 Å². The molecule has 4 nitrogen and oxygen atoms in total. The fourth-order valence-corrected chi connectivity index (χ4v) is 2.21. The van der Waals surface area contributed by atoms with E-state index in [-0.39, 0.29) is 29.4 Å². The number of benzene rings is 1. The van der Waals surface area contributed by atoms with Crippen molar-refractivity contribution in [1.29, 1.82) is 0 Å². The number of nitrogens with zero attached hydrogens (tertiary/aromatic N) is 1. The van der Waals surface area contributed by atoms with Crippen molar-refractivity contribution in [3.8, 4) is 11.5 Å². The maximum absolute atomic E-state index is 10.1. The molecule has 1 aromatic rings. The van der Waals surface area contributed by atoms with Gasteiger partial charge < -0.3 is 15.3 Å². The van der Waals surface area contributed by atoms with Crippen LogP contribution in [0.3, 0.4) is 0 Å². The average Bonchev–Trinajstić information content (AvgIpc) is 2.17. The zero-order valence-corrected chi connectivity index (χ0v) is 11.7. The quantitative estimate of drug-likeness (QED) is 0.678. The Hall–Kier alpha value is -0.970. The van der Waals surface area contributed by atoms with E-state index in [4.69, 9.17) is 0 Å². The van der Waals surface area contributed by atoms with Gasteiger partial charge in [-0.3, -0.25) is 4.90 Å². The van der Waals surface area contributed by atoms with Crippen LogP contribution in [0.25, 0.3) is 0 Å². The highest BCUT2D eigenvalue weighted by molar-refractivity contribution is 5.85. The summed E-state index contributed by atoms with van der Waals surface area (Å²) in [7, 11) is 0. The second-order valence-corrected chi connectivity index (χ2v) is 5.60. The van der Waals surface area contributed by atoms with Crippen LogP contribution in [0.2, 0.25) is 0 Å². The minimum atomic E-state index is -0.670. The monoisotopic (exact) mass is 273 g/mol. The van der Waals surface area contributed by atoms with E-state index < -0.39 is 6.10 Å². The van der Waals surface area contributed by atoms with E-state index in [2.05, 4.69) is 25.7 Å². The number of aliphatic hydroxyl groups excluding tert-OH is 1. The molecular formula is C13H20ClNO3. The van der Waals surface area contributed by atoms with Crippen molar-refractivity contribution in [3.63, 3.8) is 0 Å². The van der Waals surface area contributed by atoms with Crippen LogP contribution in [-0.4, -0.2) is 32.3 Å². The average molecular weight is 274 g/mol. The Morgan fingerprint density at radius 3 is 2.39 bits per heavy atom. The molecule has 1 heterocycles. The maximum Gasteiger partial charge on any atom is 0.124 e. The molecule has 1 unspecified atom stereocenters. The third-order valence-corrected chi connectivity index (χ3v) is 3.30. The van der Waals surface area contributed by atoms with Gasteiger partial charge in [-0.15, -0.1) is 12.4 Å². The summed E-state index contributed by atoms with van der Waals surface area (Å²) < 4.78 is 0. The molecule has 0 spiro atoms. The standard InChI is InChI=1S/C13H19NO3.ClH/c1-13(2,3)14-6-10-9(12(17)7-14)4-8(15)5-11(10)16;/h4-5,12,15-17H,6-7H2,1-3H3;1H. The van der Waals surface area contributed by atoms with Crippen LogP contribution in [0.4, 0.5) is 0 Å². The SMILES string of the molecule is CC(C)(C)N1Cc2c(O)cc(O)cc2C(O)C1.Cl. The van der Waals surface area contributed by atoms with E-state index in [0.717, 1.165) is 0 Å². The second kappa shape index (κ2) is 4.96. The lowest BCUT2D eigenvalue weighted by molar-refractivity contribution is 0.0363. The van der Waals surface area contributed by atoms with Crippen molar-refractivity contribution in [2.75, 3.05) is 6.54 Å². The number of halogens is 1. The van der Waals surface area contributed by atoms with Crippen LogP contribution in [0.15, 0.2) is 12.1 Å². The Kier molecular flexibility index (Phi) is 4.15. The van der Waals surface area contributed by atoms with Crippen LogP contribution in [0.1, 0.15) is 38.0 Å². The predicted octanol–water partition coefficient (Wildman–Crippen LogP) is 2.17. The molecule has 0 aromatic heterocycles. The summed E-state index contributed by atoms with van der Waals surface area (Å²) in [6.07, 6.45) is -0.670. The smallest absolute Gasteiger partial charge is 0.124 e. The van der Waals surface area contributed by atoms with Gasteiger partial charge in [0.15, 0.2) is 0 Å². The molecule has 2 rings (SSSR count). The number of phenolic OH excluding ortho intramolecular Hbond substituents is 2. The van der Waals surface area contributed by atoms with Crippen LogP contribution in [-0.2, 0) is 6.54 Å². The van der Waals surface area contributed by atoms with Crippen molar-refractivity contribution in [2.24, 2.45) is 0 Å². The molecule has 1 aliphatic rings. The molecule has 18 heavy (non-hydrogen) atoms. The lowest BCUT2D eigenvalue weighted by atomic mass is 9.92. The Morgan fingerprint density at radius 2 is 1.83 bits per heavy atom. The fraction of sp³-hybridized carbons (Fsp3) is 0.538. The third-order valence-electron chi connectivity index (χ3n) is 3.30. The first-order chi connectivity index (χ1) is 7.79. The van der Waals surface area contributed by atoms with Gasteiger partial charge in [-0.05, 0) is 32.4 Å². The second-order valence-electron chi connectivity index (χ2n) is 5.60. The summed E-state index contributed by atoms with van der Waals surface area (Å²) in [6, 6.07) is 2.84. The highest BCUT2D eigenvalue weighted by atomic mass is 35.5. The van der Waals surface area contributed by atoms with Gasteiger partial charge in [0, 0.05) is 30.3 Å². The van der Waals surface area contributed by atoms with Crippen molar-refractivity contribution >= 4 is 12.4 Å². The molecule has 0 aliphatic carbocycles. The van der Waals surface area contributed by atoms with Gasteiger partial charge in [0.1, 0.15) is 11.5 Å². The van der Waals surface area contributed by atoms with E-state index in [0.29, 0.717) is 24.2 Å². The van der Waals surface area contributed by atoms with Crippen molar-refractivity contribution < 1.29 is 15.3 Å².